The minimum absolute atomic E-state index is 0.113. The standard InChI is InChI=1S/C25H33N3O4/c1-5-32-23-12-6-20(7-13-23)17-26(3)24(29)18-27-14-15-28(16-19(27)2)22-10-8-21(9-11-22)25(30)31-4/h6-13,19H,5,14-18H2,1-4H3. The van der Waals surface area contributed by atoms with Crippen LogP contribution in [-0.2, 0) is 16.1 Å². The fraction of sp³-hybridized carbons (Fsp3) is 0.440. The normalized spacial score (nSPS) is 16.5. The largest absolute Gasteiger partial charge is 0.494 e. The summed E-state index contributed by atoms with van der Waals surface area (Å²) in [5.74, 6) is 0.626. The molecule has 0 bridgehead atoms. The minimum Gasteiger partial charge on any atom is -0.494 e. The molecule has 0 radical (unpaired) electrons. The maximum atomic E-state index is 12.8. The van der Waals surface area contributed by atoms with Crippen LogP contribution in [0.4, 0.5) is 5.69 Å². The van der Waals surface area contributed by atoms with E-state index in [0.717, 1.165) is 36.6 Å². The van der Waals surface area contributed by atoms with Gasteiger partial charge in [0.15, 0.2) is 0 Å². The maximum Gasteiger partial charge on any atom is 0.337 e. The van der Waals surface area contributed by atoms with Crippen molar-refractivity contribution in [3.63, 3.8) is 0 Å². The summed E-state index contributed by atoms with van der Waals surface area (Å²) in [6.07, 6.45) is 0. The molecule has 32 heavy (non-hydrogen) atoms. The highest BCUT2D eigenvalue weighted by molar-refractivity contribution is 5.89. The highest BCUT2D eigenvalue weighted by Crippen LogP contribution is 2.20. The molecule has 1 aliphatic rings. The van der Waals surface area contributed by atoms with Gasteiger partial charge in [-0.1, -0.05) is 12.1 Å². The van der Waals surface area contributed by atoms with E-state index < -0.39 is 0 Å². The van der Waals surface area contributed by atoms with Crippen molar-refractivity contribution in [2.24, 2.45) is 0 Å². The Morgan fingerprint density at radius 1 is 1.06 bits per heavy atom. The Labute approximate surface area is 190 Å². The van der Waals surface area contributed by atoms with E-state index in [-0.39, 0.29) is 17.9 Å². The number of ether oxygens (including phenoxy) is 2. The van der Waals surface area contributed by atoms with E-state index >= 15 is 0 Å². The number of hydrogen-bond donors (Lipinski definition) is 0. The van der Waals surface area contributed by atoms with Crippen LogP contribution in [0.2, 0.25) is 0 Å². The lowest BCUT2D eigenvalue weighted by Gasteiger charge is -2.41. The van der Waals surface area contributed by atoms with E-state index in [1.807, 2.05) is 50.4 Å². The second kappa shape index (κ2) is 11.0. The minimum atomic E-state index is -0.331. The van der Waals surface area contributed by atoms with Gasteiger partial charge in [0, 0.05) is 45.0 Å². The van der Waals surface area contributed by atoms with Crippen molar-refractivity contribution in [2.75, 3.05) is 51.8 Å². The van der Waals surface area contributed by atoms with Gasteiger partial charge < -0.3 is 19.3 Å². The molecule has 1 fully saturated rings. The van der Waals surface area contributed by atoms with Crippen molar-refractivity contribution < 1.29 is 19.1 Å². The third kappa shape index (κ3) is 6.01. The first kappa shape index (κ1) is 23.6. The first-order valence-corrected chi connectivity index (χ1v) is 11.0. The van der Waals surface area contributed by atoms with Gasteiger partial charge in [0.05, 0.1) is 25.8 Å². The molecule has 2 aromatic rings. The third-order valence-corrected chi connectivity index (χ3v) is 5.84. The molecule has 1 amide bonds. The van der Waals surface area contributed by atoms with Crippen molar-refractivity contribution in [3.8, 4) is 5.75 Å². The summed E-state index contributed by atoms with van der Waals surface area (Å²) in [6.45, 7) is 8.20. The quantitative estimate of drug-likeness (QED) is 0.589. The van der Waals surface area contributed by atoms with E-state index in [4.69, 9.17) is 9.47 Å². The number of carbonyl (C=O) groups excluding carboxylic acids is 2. The molecular formula is C25H33N3O4. The van der Waals surface area contributed by atoms with Gasteiger partial charge in [-0.2, -0.15) is 0 Å². The van der Waals surface area contributed by atoms with Crippen LogP contribution in [-0.4, -0.2) is 74.7 Å². The molecular weight excluding hydrogens is 406 g/mol. The number of rotatable bonds is 8. The molecule has 0 spiro atoms. The first-order valence-electron chi connectivity index (χ1n) is 11.0. The lowest BCUT2D eigenvalue weighted by atomic mass is 10.1. The van der Waals surface area contributed by atoms with Gasteiger partial charge in [-0.05, 0) is 55.8 Å². The van der Waals surface area contributed by atoms with Crippen LogP contribution in [0.25, 0.3) is 0 Å². The van der Waals surface area contributed by atoms with Gasteiger partial charge in [-0.15, -0.1) is 0 Å². The van der Waals surface area contributed by atoms with Crippen LogP contribution in [0, 0.1) is 0 Å². The zero-order chi connectivity index (χ0) is 23.1. The summed E-state index contributed by atoms with van der Waals surface area (Å²) in [5.41, 5.74) is 2.70. The summed E-state index contributed by atoms with van der Waals surface area (Å²) < 4.78 is 10.2. The van der Waals surface area contributed by atoms with Crippen LogP contribution in [0.5, 0.6) is 5.75 Å². The fourth-order valence-electron chi connectivity index (χ4n) is 3.91. The van der Waals surface area contributed by atoms with Crippen molar-refractivity contribution in [2.45, 2.75) is 26.4 Å². The van der Waals surface area contributed by atoms with Crippen molar-refractivity contribution >= 4 is 17.6 Å². The molecule has 3 rings (SSSR count). The molecule has 0 aromatic heterocycles. The number of benzene rings is 2. The molecule has 0 saturated carbocycles. The Bertz CT molecular complexity index is 898. The molecule has 1 atom stereocenters. The average molecular weight is 440 g/mol. The predicted octanol–water partition coefficient (Wildman–Crippen LogP) is 3.04. The Morgan fingerprint density at radius 2 is 1.75 bits per heavy atom. The monoisotopic (exact) mass is 439 g/mol. The Morgan fingerprint density at radius 3 is 2.34 bits per heavy atom. The zero-order valence-corrected chi connectivity index (χ0v) is 19.4. The van der Waals surface area contributed by atoms with E-state index in [1.54, 1.807) is 17.0 Å². The number of methoxy groups -OCH3 is 1. The van der Waals surface area contributed by atoms with Gasteiger partial charge >= 0.3 is 5.97 Å². The summed E-state index contributed by atoms with van der Waals surface area (Å²) in [4.78, 5) is 30.7. The smallest absolute Gasteiger partial charge is 0.337 e. The molecule has 2 aromatic carbocycles. The number of esters is 1. The van der Waals surface area contributed by atoms with Crippen LogP contribution in [0.15, 0.2) is 48.5 Å². The molecule has 0 aliphatic carbocycles. The zero-order valence-electron chi connectivity index (χ0n) is 19.4. The topological polar surface area (TPSA) is 62.3 Å². The lowest BCUT2D eigenvalue weighted by molar-refractivity contribution is -0.132. The maximum absolute atomic E-state index is 12.8. The first-order chi connectivity index (χ1) is 15.4. The van der Waals surface area contributed by atoms with E-state index in [1.165, 1.54) is 7.11 Å². The highest BCUT2D eigenvalue weighted by atomic mass is 16.5. The Balaban J connectivity index is 1.50. The summed E-state index contributed by atoms with van der Waals surface area (Å²) >= 11 is 0. The SMILES string of the molecule is CCOc1ccc(CN(C)C(=O)CN2CCN(c3ccc(C(=O)OC)cc3)CC2C)cc1. The Hall–Kier alpha value is -3.06. The van der Waals surface area contributed by atoms with Gasteiger partial charge in [-0.3, -0.25) is 9.69 Å². The van der Waals surface area contributed by atoms with Crippen LogP contribution in [0.1, 0.15) is 29.8 Å². The molecule has 172 valence electrons. The molecule has 1 aliphatic heterocycles. The van der Waals surface area contributed by atoms with Gasteiger partial charge in [0.2, 0.25) is 5.91 Å². The second-order valence-electron chi connectivity index (χ2n) is 8.13. The van der Waals surface area contributed by atoms with Crippen molar-refractivity contribution in [3.05, 3.63) is 59.7 Å². The second-order valence-corrected chi connectivity index (χ2v) is 8.13. The van der Waals surface area contributed by atoms with Gasteiger partial charge in [0.1, 0.15) is 5.75 Å². The number of likely N-dealkylation sites (N-methyl/N-ethyl adjacent to an activating group) is 1. The number of piperazine rings is 1. The number of amides is 1. The van der Waals surface area contributed by atoms with Crippen molar-refractivity contribution in [1.29, 1.82) is 0 Å². The van der Waals surface area contributed by atoms with Crippen LogP contribution < -0.4 is 9.64 Å². The van der Waals surface area contributed by atoms with Gasteiger partial charge in [0.25, 0.3) is 0 Å². The molecule has 7 heteroatoms. The number of carbonyl (C=O) groups is 2. The predicted molar refractivity (Wildman–Crippen MR) is 125 cm³/mol. The van der Waals surface area contributed by atoms with Crippen LogP contribution in [0.3, 0.4) is 0 Å². The van der Waals surface area contributed by atoms with E-state index in [9.17, 15) is 9.59 Å². The number of nitrogens with zero attached hydrogens (tertiary/aromatic N) is 3. The Kier molecular flexibility index (Phi) is 8.11. The summed E-state index contributed by atoms with van der Waals surface area (Å²) in [6, 6.07) is 15.6. The average Bonchev–Trinajstić information content (AvgIpc) is 2.81. The van der Waals surface area contributed by atoms with Crippen LogP contribution >= 0.6 is 0 Å². The highest BCUT2D eigenvalue weighted by Gasteiger charge is 2.26. The van der Waals surface area contributed by atoms with Gasteiger partial charge in [-0.25, -0.2) is 4.79 Å². The van der Waals surface area contributed by atoms with E-state index in [2.05, 4.69) is 16.7 Å². The molecule has 7 nitrogen and oxygen atoms in total. The number of anilines is 1. The molecule has 1 heterocycles. The molecule has 0 N–H and O–H groups in total. The number of hydrogen-bond acceptors (Lipinski definition) is 6. The van der Waals surface area contributed by atoms with E-state index in [0.29, 0.717) is 25.3 Å². The van der Waals surface area contributed by atoms with Crippen molar-refractivity contribution in [1.82, 2.24) is 9.80 Å². The summed E-state index contributed by atoms with van der Waals surface area (Å²) in [7, 11) is 3.23. The molecule has 1 unspecified atom stereocenters. The third-order valence-electron chi connectivity index (χ3n) is 5.84. The fourth-order valence-corrected chi connectivity index (χ4v) is 3.91. The lowest BCUT2D eigenvalue weighted by Crippen LogP contribution is -2.54. The summed E-state index contributed by atoms with van der Waals surface area (Å²) in [5, 5.41) is 0. The molecule has 1 saturated heterocycles.